The van der Waals surface area contributed by atoms with Crippen LogP contribution in [0, 0.1) is 22.7 Å². The average Bonchev–Trinajstić information content (AvgIpc) is 2.92. The normalized spacial score (nSPS) is 48.8. The van der Waals surface area contributed by atoms with E-state index < -0.39 is 88.1 Å². The summed E-state index contributed by atoms with van der Waals surface area (Å²) >= 11 is 0. The second kappa shape index (κ2) is 8.59. The molecule has 0 amide bonds. The summed E-state index contributed by atoms with van der Waals surface area (Å²) in [5, 5.41) is 35.5. The monoisotopic (exact) mass is 524 g/mol. The van der Waals surface area contributed by atoms with Gasteiger partial charge in [0.25, 0.3) is 0 Å². The van der Waals surface area contributed by atoms with Crippen LogP contribution in [0.15, 0.2) is 12.2 Å². The standard InChI is InChI=1S/C26H36O11/c1-11-16(30)9-18(35-12(2)27)24(6)19(11)20(32)15-8-17(31)25(7)26(33,23(15,5)10-34-25)22(37-14(4)29)21(24)36-13(3)28/h15-16,18-22,30,32-33H,1,8-10H2,2-7H3/t15-,16-,18-,19-,20+,21-,22-,23?,24+,25+,26-/m0/s1. The van der Waals surface area contributed by atoms with Gasteiger partial charge >= 0.3 is 17.9 Å². The van der Waals surface area contributed by atoms with Gasteiger partial charge in [0.1, 0.15) is 11.7 Å². The predicted octanol–water partition coefficient (Wildman–Crippen LogP) is 0.215. The first-order valence-electron chi connectivity index (χ1n) is 12.4. The fraction of sp³-hybridized carbons (Fsp3) is 0.769. The van der Waals surface area contributed by atoms with E-state index in [2.05, 4.69) is 6.58 Å². The predicted molar refractivity (Wildman–Crippen MR) is 125 cm³/mol. The third kappa shape index (κ3) is 3.47. The van der Waals surface area contributed by atoms with Gasteiger partial charge in [-0.1, -0.05) is 20.4 Å². The van der Waals surface area contributed by atoms with Crippen molar-refractivity contribution < 1.29 is 53.4 Å². The number of ketones is 1. The van der Waals surface area contributed by atoms with Gasteiger partial charge < -0.3 is 34.3 Å². The number of rotatable bonds is 3. The summed E-state index contributed by atoms with van der Waals surface area (Å²) < 4.78 is 23.1. The van der Waals surface area contributed by atoms with E-state index in [0.29, 0.717) is 0 Å². The summed E-state index contributed by atoms with van der Waals surface area (Å²) in [6.07, 6.45) is -7.28. The molecule has 3 N–H and O–H groups in total. The highest BCUT2D eigenvalue weighted by molar-refractivity contribution is 5.91. The molecule has 0 radical (unpaired) electrons. The third-order valence-corrected chi connectivity index (χ3v) is 9.59. The number of fused-ring (bicyclic) bond motifs is 1. The van der Waals surface area contributed by atoms with E-state index in [-0.39, 0.29) is 25.0 Å². The molecule has 0 aromatic heterocycles. The second-order valence-corrected chi connectivity index (χ2v) is 11.6. The van der Waals surface area contributed by atoms with E-state index >= 15 is 0 Å². The van der Waals surface area contributed by atoms with E-state index in [1.807, 2.05) is 0 Å². The largest absolute Gasteiger partial charge is 0.462 e. The van der Waals surface area contributed by atoms with Gasteiger partial charge in [-0.3, -0.25) is 19.2 Å². The summed E-state index contributed by atoms with van der Waals surface area (Å²) in [6.45, 7) is 11.9. The maximum Gasteiger partial charge on any atom is 0.303 e. The SMILES string of the molecule is C=C1[C@@H](O)C[C@H](OC(C)=O)[C@@]2(C)[C@@H](OC(C)=O)[C@H](OC(C)=O)[C@]3(O)C4(C)CO[C@]3(C)C(=O)C[C@H]4[C@@H](O)[C@H]12. The van der Waals surface area contributed by atoms with Crippen molar-refractivity contribution in [3.8, 4) is 0 Å². The Labute approximate surface area is 215 Å². The van der Waals surface area contributed by atoms with Crippen LogP contribution in [0.4, 0.5) is 0 Å². The number of esters is 3. The van der Waals surface area contributed by atoms with E-state index in [4.69, 9.17) is 18.9 Å². The van der Waals surface area contributed by atoms with Crippen LogP contribution in [0.1, 0.15) is 54.4 Å². The molecular formula is C26H36O11. The van der Waals surface area contributed by atoms with Crippen LogP contribution < -0.4 is 0 Å². The van der Waals surface area contributed by atoms with Crippen molar-refractivity contribution in [2.75, 3.05) is 6.61 Å². The Bertz CT molecular complexity index is 1060. The van der Waals surface area contributed by atoms with Crippen molar-refractivity contribution in [2.24, 2.45) is 22.7 Å². The number of hydrogen-bond donors (Lipinski definition) is 3. The highest BCUT2D eigenvalue weighted by atomic mass is 16.6. The van der Waals surface area contributed by atoms with Gasteiger partial charge in [0.2, 0.25) is 0 Å². The molecule has 4 bridgehead atoms. The second-order valence-electron chi connectivity index (χ2n) is 11.6. The molecule has 11 atom stereocenters. The molecule has 11 heteroatoms. The van der Waals surface area contributed by atoms with Crippen LogP contribution in [-0.2, 0) is 38.1 Å². The Kier molecular flexibility index (Phi) is 6.43. The molecule has 0 aromatic carbocycles. The number of carbonyl (C=O) groups excluding carboxylic acids is 4. The van der Waals surface area contributed by atoms with E-state index in [1.165, 1.54) is 13.8 Å². The van der Waals surface area contributed by atoms with Gasteiger partial charge in [-0.25, -0.2) is 0 Å². The zero-order valence-corrected chi connectivity index (χ0v) is 22.0. The van der Waals surface area contributed by atoms with Crippen molar-refractivity contribution in [2.45, 2.75) is 96.1 Å². The molecule has 206 valence electrons. The van der Waals surface area contributed by atoms with Crippen LogP contribution in [0.5, 0.6) is 0 Å². The molecule has 4 fully saturated rings. The topological polar surface area (TPSA) is 166 Å². The molecule has 3 aliphatic carbocycles. The minimum absolute atomic E-state index is 0.143. The van der Waals surface area contributed by atoms with Crippen LogP contribution >= 0.6 is 0 Å². The summed E-state index contributed by atoms with van der Waals surface area (Å²) in [7, 11) is 0. The van der Waals surface area contributed by atoms with Crippen molar-refractivity contribution in [1.29, 1.82) is 0 Å². The number of hydrogen-bond acceptors (Lipinski definition) is 11. The zero-order valence-electron chi connectivity index (χ0n) is 22.0. The number of Topliss-reactive ketones (excluding diaryl/α,β-unsaturated/α-hetero) is 1. The van der Waals surface area contributed by atoms with Gasteiger partial charge in [-0.05, 0) is 12.5 Å². The van der Waals surface area contributed by atoms with Crippen molar-refractivity contribution in [3.63, 3.8) is 0 Å². The minimum atomic E-state index is -2.25. The van der Waals surface area contributed by atoms with Crippen molar-refractivity contribution >= 4 is 23.7 Å². The maximum atomic E-state index is 13.5. The lowest BCUT2D eigenvalue weighted by molar-refractivity contribution is -0.294. The van der Waals surface area contributed by atoms with Gasteiger partial charge in [-0.15, -0.1) is 0 Å². The van der Waals surface area contributed by atoms with Crippen LogP contribution in [0.25, 0.3) is 0 Å². The number of aliphatic hydroxyl groups excluding tert-OH is 2. The summed E-state index contributed by atoms with van der Waals surface area (Å²) in [5.41, 5.74) is -6.83. The molecule has 4 aliphatic rings. The molecule has 37 heavy (non-hydrogen) atoms. The Hall–Kier alpha value is -2.34. The Morgan fingerprint density at radius 2 is 1.51 bits per heavy atom. The van der Waals surface area contributed by atoms with Gasteiger partial charge in [-0.2, -0.15) is 0 Å². The van der Waals surface area contributed by atoms with Crippen LogP contribution in [0.3, 0.4) is 0 Å². The molecule has 1 aliphatic heterocycles. The van der Waals surface area contributed by atoms with Gasteiger partial charge in [0, 0.05) is 50.9 Å². The van der Waals surface area contributed by atoms with Crippen LogP contribution in [0.2, 0.25) is 0 Å². The molecule has 1 heterocycles. The summed E-state index contributed by atoms with van der Waals surface area (Å²) in [5.74, 6) is -4.86. The fourth-order valence-corrected chi connectivity index (χ4v) is 7.66. The first-order chi connectivity index (χ1) is 17.0. The van der Waals surface area contributed by atoms with Crippen molar-refractivity contribution in [1.82, 2.24) is 0 Å². The molecular weight excluding hydrogens is 488 g/mol. The number of aliphatic hydroxyl groups is 3. The fourth-order valence-electron chi connectivity index (χ4n) is 7.66. The zero-order chi connectivity index (χ0) is 27.9. The molecule has 1 unspecified atom stereocenters. The molecule has 4 rings (SSSR count). The van der Waals surface area contributed by atoms with Crippen LogP contribution in [-0.4, -0.2) is 87.3 Å². The first kappa shape index (κ1) is 27.7. The van der Waals surface area contributed by atoms with Gasteiger partial charge in [0.15, 0.2) is 23.6 Å². The van der Waals surface area contributed by atoms with E-state index in [1.54, 1.807) is 13.8 Å². The minimum Gasteiger partial charge on any atom is -0.462 e. The number of carbonyl (C=O) groups is 4. The quantitative estimate of drug-likeness (QED) is 0.262. The number of ether oxygens (including phenoxy) is 4. The van der Waals surface area contributed by atoms with Gasteiger partial charge in [0.05, 0.1) is 24.2 Å². The summed E-state index contributed by atoms with van der Waals surface area (Å²) in [6, 6.07) is 0. The lowest BCUT2D eigenvalue weighted by Gasteiger charge is -2.64. The lowest BCUT2D eigenvalue weighted by atomic mass is 9.44. The van der Waals surface area contributed by atoms with E-state index in [0.717, 1.165) is 13.8 Å². The molecule has 11 nitrogen and oxygen atoms in total. The third-order valence-electron chi connectivity index (χ3n) is 9.59. The highest BCUT2D eigenvalue weighted by Crippen LogP contribution is 2.66. The Morgan fingerprint density at radius 3 is 2.05 bits per heavy atom. The Balaban J connectivity index is 2.09. The molecule has 1 saturated heterocycles. The molecule has 3 saturated carbocycles. The highest BCUT2D eigenvalue weighted by Gasteiger charge is 2.82. The first-order valence-corrected chi connectivity index (χ1v) is 12.4. The van der Waals surface area contributed by atoms with Crippen molar-refractivity contribution in [3.05, 3.63) is 12.2 Å². The molecule has 0 spiro atoms. The lowest BCUT2D eigenvalue weighted by Crippen LogP contribution is -2.80. The maximum absolute atomic E-state index is 13.5. The average molecular weight is 525 g/mol. The summed E-state index contributed by atoms with van der Waals surface area (Å²) in [4.78, 5) is 50.7. The Morgan fingerprint density at radius 1 is 0.973 bits per heavy atom. The molecule has 0 aromatic rings. The van der Waals surface area contributed by atoms with E-state index in [9.17, 15) is 34.5 Å². The smallest absolute Gasteiger partial charge is 0.303 e.